The van der Waals surface area contributed by atoms with Gasteiger partial charge in [-0.1, -0.05) is 13.3 Å². The van der Waals surface area contributed by atoms with Crippen LogP contribution in [0.3, 0.4) is 0 Å². The zero-order valence-electron chi connectivity index (χ0n) is 14.7. The van der Waals surface area contributed by atoms with Crippen molar-refractivity contribution in [2.24, 2.45) is 17.6 Å². The lowest BCUT2D eigenvalue weighted by atomic mass is 9.97. The van der Waals surface area contributed by atoms with Crippen LogP contribution in [0.4, 0.5) is 4.79 Å². The third-order valence-electron chi connectivity index (χ3n) is 5.84. The van der Waals surface area contributed by atoms with Crippen LogP contribution in [-0.2, 0) is 9.53 Å². The van der Waals surface area contributed by atoms with Crippen LogP contribution in [0.5, 0.6) is 0 Å². The fourth-order valence-corrected chi connectivity index (χ4v) is 4.40. The number of hydrogen-bond acceptors (Lipinski definition) is 4. The zero-order valence-corrected chi connectivity index (χ0v) is 14.7. The van der Waals surface area contributed by atoms with Gasteiger partial charge in [-0.25, -0.2) is 4.79 Å². The minimum atomic E-state index is -0.411. The largest absolute Gasteiger partial charge is 0.379 e. The first-order valence-corrected chi connectivity index (χ1v) is 9.25. The maximum Gasteiger partial charge on any atom is 0.314 e. The molecule has 0 aromatic heterocycles. The standard InChI is InChI=1S/C17H30N4O3/c1-2-13-10-21(12-15(13)19-6-8-24-9-7-19)16(22)14-4-3-5-20(11-14)17(18)23/h13-15H,2-12H2,1H3,(H2,18,23). The Hall–Kier alpha value is -1.34. The van der Waals surface area contributed by atoms with Gasteiger partial charge in [0.2, 0.25) is 5.91 Å². The lowest BCUT2D eigenvalue weighted by Crippen LogP contribution is -2.49. The summed E-state index contributed by atoms with van der Waals surface area (Å²) < 4.78 is 5.46. The highest BCUT2D eigenvalue weighted by molar-refractivity contribution is 5.81. The Morgan fingerprint density at radius 1 is 1.08 bits per heavy atom. The highest BCUT2D eigenvalue weighted by atomic mass is 16.5. The van der Waals surface area contributed by atoms with E-state index in [9.17, 15) is 9.59 Å². The van der Waals surface area contributed by atoms with Crippen LogP contribution in [0.15, 0.2) is 0 Å². The monoisotopic (exact) mass is 338 g/mol. The predicted octanol–water partition coefficient (Wildman–Crippen LogP) is 0.346. The minimum absolute atomic E-state index is 0.0906. The van der Waals surface area contributed by atoms with E-state index >= 15 is 0 Å². The molecule has 3 rings (SSSR count). The first-order chi connectivity index (χ1) is 11.6. The molecule has 136 valence electrons. The fourth-order valence-electron chi connectivity index (χ4n) is 4.40. The van der Waals surface area contributed by atoms with Gasteiger partial charge in [-0.05, 0) is 18.8 Å². The van der Waals surface area contributed by atoms with E-state index < -0.39 is 6.03 Å². The van der Waals surface area contributed by atoms with Crippen molar-refractivity contribution in [1.82, 2.24) is 14.7 Å². The maximum absolute atomic E-state index is 13.0. The molecule has 3 aliphatic rings. The molecule has 3 aliphatic heterocycles. The Kier molecular flexibility index (Phi) is 5.61. The van der Waals surface area contributed by atoms with Gasteiger partial charge in [0.1, 0.15) is 0 Å². The third-order valence-corrected chi connectivity index (χ3v) is 5.84. The van der Waals surface area contributed by atoms with E-state index in [1.165, 1.54) is 0 Å². The van der Waals surface area contributed by atoms with Gasteiger partial charge in [-0.2, -0.15) is 0 Å². The molecule has 3 heterocycles. The second-order valence-corrected chi connectivity index (χ2v) is 7.25. The van der Waals surface area contributed by atoms with Gasteiger partial charge < -0.3 is 20.3 Å². The average molecular weight is 338 g/mol. The number of rotatable bonds is 3. The lowest BCUT2D eigenvalue weighted by molar-refractivity contribution is -0.136. The van der Waals surface area contributed by atoms with E-state index in [1.807, 2.05) is 4.90 Å². The Morgan fingerprint density at radius 2 is 1.83 bits per heavy atom. The number of piperidine rings is 1. The van der Waals surface area contributed by atoms with Gasteiger partial charge in [0, 0.05) is 45.3 Å². The molecule has 0 aliphatic carbocycles. The predicted molar refractivity (Wildman–Crippen MR) is 90.4 cm³/mol. The molecule has 0 aromatic carbocycles. The van der Waals surface area contributed by atoms with Crippen molar-refractivity contribution in [2.75, 3.05) is 52.5 Å². The molecule has 3 fully saturated rings. The molecular weight excluding hydrogens is 308 g/mol. The normalized spacial score (nSPS) is 32.1. The molecule has 0 radical (unpaired) electrons. The highest BCUT2D eigenvalue weighted by Gasteiger charge is 2.40. The maximum atomic E-state index is 13.0. The van der Waals surface area contributed by atoms with Gasteiger partial charge >= 0.3 is 6.03 Å². The summed E-state index contributed by atoms with van der Waals surface area (Å²) in [7, 11) is 0. The Bertz CT molecular complexity index is 467. The van der Waals surface area contributed by atoms with Crippen molar-refractivity contribution in [1.29, 1.82) is 0 Å². The second-order valence-electron chi connectivity index (χ2n) is 7.25. The Morgan fingerprint density at radius 3 is 2.50 bits per heavy atom. The minimum Gasteiger partial charge on any atom is -0.379 e. The summed E-state index contributed by atoms with van der Waals surface area (Å²) in [5, 5.41) is 0. The van der Waals surface area contributed by atoms with E-state index in [-0.39, 0.29) is 11.8 Å². The molecule has 7 heteroatoms. The number of hydrogen-bond donors (Lipinski definition) is 1. The van der Waals surface area contributed by atoms with Crippen LogP contribution in [0.25, 0.3) is 0 Å². The van der Waals surface area contributed by atoms with Crippen LogP contribution >= 0.6 is 0 Å². The number of primary amides is 1. The number of likely N-dealkylation sites (tertiary alicyclic amines) is 2. The van der Waals surface area contributed by atoms with E-state index in [1.54, 1.807) is 4.90 Å². The SMILES string of the molecule is CCC1CN(C(=O)C2CCCN(C(N)=O)C2)CC1N1CCOCC1. The smallest absolute Gasteiger partial charge is 0.314 e. The van der Waals surface area contributed by atoms with Gasteiger partial charge in [0.05, 0.1) is 19.1 Å². The van der Waals surface area contributed by atoms with Gasteiger partial charge in [-0.15, -0.1) is 0 Å². The summed E-state index contributed by atoms with van der Waals surface area (Å²) >= 11 is 0. The molecule has 2 N–H and O–H groups in total. The molecule has 3 atom stereocenters. The Labute approximate surface area is 144 Å². The van der Waals surface area contributed by atoms with Crippen LogP contribution in [0.1, 0.15) is 26.2 Å². The number of morpholine rings is 1. The van der Waals surface area contributed by atoms with Gasteiger partial charge in [-0.3, -0.25) is 9.69 Å². The summed E-state index contributed by atoms with van der Waals surface area (Å²) in [6.07, 6.45) is 2.80. The molecule has 0 aromatic rings. The molecule has 7 nitrogen and oxygen atoms in total. The second kappa shape index (κ2) is 7.70. The molecule has 3 saturated heterocycles. The molecule has 3 amide bonds. The van der Waals surface area contributed by atoms with E-state index in [2.05, 4.69) is 11.8 Å². The van der Waals surface area contributed by atoms with Crippen molar-refractivity contribution < 1.29 is 14.3 Å². The van der Waals surface area contributed by atoms with Crippen molar-refractivity contribution in [3.05, 3.63) is 0 Å². The van der Waals surface area contributed by atoms with Crippen molar-refractivity contribution in [3.8, 4) is 0 Å². The van der Waals surface area contributed by atoms with Crippen molar-refractivity contribution in [2.45, 2.75) is 32.2 Å². The highest BCUT2D eigenvalue weighted by Crippen LogP contribution is 2.28. The van der Waals surface area contributed by atoms with Crippen LogP contribution in [0, 0.1) is 11.8 Å². The number of nitrogens with zero attached hydrogens (tertiary/aromatic N) is 3. The van der Waals surface area contributed by atoms with E-state index in [4.69, 9.17) is 10.5 Å². The lowest BCUT2D eigenvalue weighted by Gasteiger charge is -2.35. The molecule has 3 unspecified atom stereocenters. The topological polar surface area (TPSA) is 79.1 Å². The summed E-state index contributed by atoms with van der Waals surface area (Å²) in [5.74, 6) is 0.644. The number of nitrogens with two attached hydrogens (primary N) is 1. The summed E-state index contributed by atoms with van der Waals surface area (Å²) in [6.45, 7) is 8.51. The number of carbonyl (C=O) groups excluding carboxylic acids is 2. The van der Waals surface area contributed by atoms with E-state index in [0.29, 0.717) is 25.0 Å². The number of urea groups is 1. The summed E-state index contributed by atoms with van der Waals surface area (Å²) in [4.78, 5) is 30.5. The summed E-state index contributed by atoms with van der Waals surface area (Å²) in [5.41, 5.74) is 5.39. The average Bonchev–Trinajstić information content (AvgIpc) is 3.06. The first kappa shape index (κ1) is 17.5. The van der Waals surface area contributed by atoms with Crippen LogP contribution in [-0.4, -0.2) is 85.2 Å². The van der Waals surface area contributed by atoms with Crippen molar-refractivity contribution >= 4 is 11.9 Å². The number of carbonyl (C=O) groups is 2. The van der Waals surface area contributed by atoms with Crippen LogP contribution in [0.2, 0.25) is 0 Å². The molecule has 24 heavy (non-hydrogen) atoms. The van der Waals surface area contributed by atoms with Gasteiger partial charge in [0.25, 0.3) is 0 Å². The fraction of sp³-hybridized carbons (Fsp3) is 0.882. The summed E-state index contributed by atoms with van der Waals surface area (Å²) in [6, 6.07) is 0.0326. The molecule has 0 spiro atoms. The molecular formula is C17H30N4O3. The van der Waals surface area contributed by atoms with Crippen molar-refractivity contribution in [3.63, 3.8) is 0 Å². The quantitative estimate of drug-likeness (QED) is 0.805. The zero-order chi connectivity index (χ0) is 17.1. The number of ether oxygens (including phenoxy) is 1. The van der Waals surface area contributed by atoms with Crippen LogP contribution < -0.4 is 5.73 Å². The Balaban J connectivity index is 1.62. The number of amides is 3. The van der Waals surface area contributed by atoms with E-state index in [0.717, 1.165) is 58.7 Å². The third kappa shape index (κ3) is 3.67. The van der Waals surface area contributed by atoms with Gasteiger partial charge in [0.15, 0.2) is 0 Å². The molecule has 0 saturated carbocycles. The molecule has 0 bridgehead atoms. The first-order valence-electron chi connectivity index (χ1n) is 9.25.